The van der Waals surface area contributed by atoms with E-state index in [1.54, 1.807) is 6.20 Å². The summed E-state index contributed by atoms with van der Waals surface area (Å²) in [7, 11) is 0. The molecule has 0 fully saturated rings. The minimum Gasteiger partial charge on any atom is -0.304 e. The Kier molecular flexibility index (Phi) is 3.95. The predicted octanol–water partition coefficient (Wildman–Crippen LogP) is 2.18. The third-order valence-electron chi connectivity index (χ3n) is 1.47. The Morgan fingerprint density at radius 1 is 1.36 bits per heavy atom. The van der Waals surface area contributed by atoms with Gasteiger partial charge < -0.3 is 4.98 Å². The zero-order valence-corrected chi connectivity index (χ0v) is 10.0. The molecule has 0 N–H and O–H groups in total. The van der Waals surface area contributed by atoms with E-state index in [1.165, 1.54) is 5.56 Å². The summed E-state index contributed by atoms with van der Waals surface area (Å²) in [6.07, 6.45) is 3.56. The molecule has 1 rings (SSSR count). The fourth-order valence-electron chi connectivity index (χ4n) is 0.735. The van der Waals surface area contributed by atoms with Gasteiger partial charge in [-0.15, -0.1) is 0 Å². The van der Waals surface area contributed by atoms with Crippen LogP contribution in [-0.2, 0) is 26.5 Å². The van der Waals surface area contributed by atoms with Crippen LogP contribution in [0.15, 0.2) is 18.5 Å². The normalized spacial score (nSPS) is 10.5. The van der Waals surface area contributed by atoms with E-state index in [1.807, 2.05) is 12.3 Å². The first-order valence-corrected chi connectivity index (χ1v) is 3.42. The van der Waals surface area contributed by atoms with Crippen LogP contribution in [0.25, 0.3) is 0 Å². The quantitative estimate of drug-likeness (QED) is 0.668. The molecular weight excluding hydrogens is 306 g/mol. The molecule has 0 aliphatic heterocycles. The minimum atomic E-state index is 0. The van der Waals surface area contributed by atoms with Gasteiger partial charge in [0.1, 0.15) is 0 Å². The van der Waals surface area contributed by atoms with Gasteiger partial charge in [0.25, 0.3) is 0 Å². The number of hydrogen-bond acceptors (Lipinski definition) is 1. The molecule has 0 saturated heterocycles. The van der Waals surface area contributed by atoms with E-state index in [-0.39, 0.29) is 26.5 Å². The molecule has 0 aliphatic rings. The molecule has 0 spiro atoms. The van der Waals surface area contributed by atoms with Crippen molar-refractivity contribution < 1.29 is 21.1 Å². The summed E-state index contributed by atoms with van der Waals surface area (Å²) in [5, 5.41) is 0. The van der Waals surface area contributed by atoms with Crippen LogP contribution in [0, 0.1) is 6.07 Å². The van der Waals surface area contributed by atoms with Crippen LogP contribution in [0.5, 0.6) is 0 Å². The van der Waals surface area contributed by atoms with Crippen LogP contribution in [0.4, 0.5) is 0 Å². The van der Waals surface area contributed by atoms with Gasteiger partial charge in [-0.2, -0.15) is 5.56 Å². The van der Waals surface area contributed by atoms with E-state index in [4.69, 9.17) is 0 Å². The molecule has 60 valence electrons. The van der Waals surface area contributed by atoms with Crippen LogP contribution in [0.3, 0.4) is 0 Å². The van der Waals surface area contributed by atoms with Gasteiger partial charge in [0.2, 0.25) is 0 Å². The molecule has 1 heterocycles. The van der Waals surface area contributed by atoms with Crippen LogP contribution >= 0.6 is 0 Å². The molecule has 0 saturated carbocycles. The summed E-state index contributed by atoms with van der Waals surface area (Å²) in [5.74, 6) is 0. The molecule has 0 aliphatic carbocycles. The van der Waals surface area contributed by atoms with Crippen molar-refractivity contribution in [2.45, 2.75) is 26.2 Å². The smallest absolute Gasteiger partial charge is 0 e. The monoisotopic (exact) mass is 318 g/mol. The maximum Gasteiger partial charge on any atom is 0 e. The SMILES string of the molecule is CC(C)(C)c1c[c-]cnc1.[W]. The van der Waals surface area contributed by atoms with Crippen LogP contribution in [0.2, 0.25) is 0 Å². The van der Waals surface area contributed by atoms with E-state index < -0.39 is 0 Å². The molecule has 0 bridgehead atoms. The van der Waals surface area contributed by atoms with Crippen molar-refractivity contribution in [3.8, 4) is 0 Å². The zero-order valence-electron chi connectivity index (χ0n) is 7.09. The summed E-state index contributed by atoms with van der Waals surface area (Å²) in [6, 6.07) is 4.94. The van der Waals surface area contributed by atoms with Gasteiger partial charge in [0, 0.05) is 21.1 Å². The largest absolute Gasteiger partial charge is 0.304 e. The number of pyridine rings is 1. The molecule has 0 amide bonds. The minimum absolute atomic E-state index is 0. The molecule has 2 heteroatoms. The van der Waals surface area contributed by atoms with E-state index in [0.29, 0.717) is 0 Å². The van der Waals surface area contributed by atoms with Crippen molar-refractivity contribution >= 4 is 0 Å². The van der Waals surface area contributed by atoms with Gasteiger partial charge in [0.05, 0.1) is 0 Å². The first-order chi connectivity index (χ1) is 4.61. The van der Waals surface area contributed by atoms with Crippen molar-refractivity contribution in [1.29, 1.82) is 0 Å². The third-order valence-corrected chi connectivity index (χ3v) is 1.47. The molecule has 1 nitrogen and oxygen atoms in total. The van der Waals surface area contributed by atoms with E-state index in [9.17, 15) is 0 Å². The Labute approximate surface area is 82.5 Å². The fourth-order valence-corrected chi connectivity index (χ4v) is 0.735. The second-order valence-electron chi connectivity index (χ2n) is 3.42. The first kappa shape index (κ1) is 10.8. The van der Waals surface area contributed by atoms with Crippen LogP contribution in [-0.4, -0.2) is 4.98 Å². The number of hydrogen-bond donors (Lipinski definition) is 0. The molecule has 1 aromatic rings. The molecule has 0 radical (unpaired) electrons. The molecule has 1 aromatic heterocycles. The first-order valence-electron chi connectivity index (χ1n) is 3.42. The Balaban J connectivity index is 0.000001000. The number of aromatic nitrogens is 1. The summed E-state index contributed by atoms with van der Waals surface area (Å²) in [5.41, 5.74) is 1.43. The molecular formula is C9H12NW-. The Bertz CT molecular complexity index is 201. The molecule has 0 aromatic carbocycles. The van der Waals surface area contributed by atoms with Crippen molar-refractivity contribution in [1.82, 2.24) is 4.98 Å². The topological polar surface area (TPSA) is 12.9 Å². The average molecular weight is 318 g/mol. The standard InChI is InChI=1S/C9H12N.W/c1-9(2,3)8-5-4-6-10-7-8;/h5-7H,1-3H3;/q-1;. The van der Waals surface area contributed by atoms with Crippen molar-refractivity contribution in [3.05, 3.63) is 30.1 Å². The van der Waals surface area contributed by atoms with Crippen LogP contribution in [0.1, 0.15) is 26.3 Å². The third kappa shape index (κ3) is 3.16. The van der Waals surface area contributed by atoms with Crippen molar-refractivity contribution in [2.75, 3.05) is 0 Å². The summed E-state index contributed by atoms with van der Waals surface area (Å²) in [4.78, 5) is 4.00. The van der Waals surface area contributed by atoms with Gasteiger partial charge in [0.15, 0.2) is 0 Å². The zero-order chi connectivity index (χ0) is 7.61. The summed E-state index contributed by atoms with van der Waals surface area (Å²) < 4.78 is 0. The number of rotatable bonds is 0. The Hall–Kier alpha value is -0.162. The van der Waals surface area contributed by atoms with Gasteiger partial charge >= 0.3 is 0 Å². The van der Waals surface area contributed by atoms with Crippen LogP contribution < -0.4 is 0 Å². The number of nitrogens with zero attached hydrogens (tertiary/aromatic N) is 1. The second-order valence-corrected chi connectivity index (χ2v) is 3.42. The van der Waals surface area contributed by atoms with Gasteiger partial charge in [-0.1, -0.05) is 38.6 Å². The summed E-state index contributed by atoms with van der Waals surface area (Å²) in [6.45, 7) is 6.49. The van der Waals surface area contributed by atoms with Crippen molar-refractivity contribution in [2.24, 2.45) is 0 Å². The van der Waals surface area contributed by atoms with E-state index >= 15 is 0 Å². The van der Waals surface area contributed by atoms with Gasteiger partial charge in [-0.3, -0.25) is 0 Å². The van der Waals surface area contributed by atoms with E-state index in [2.05, 4.69) is 31.8 Å². The molecule has 0 atom stereocenters. The average Bonchev–Trinajstić information content (AvgIpc) is 1.88. The fraction of sp³-hybridized carbons (Fsp3) is 0.444. The molecule has 0 unspecified atom stereocenters. The predicted molar refractivity (Wildman–Crippen MR) is 41.8 cm³/mol. The summed E-state index contributed by atoms with van der Waals surface area (Å²) >= 11 is 0. The Morgan fingerprint density at radius 2 is 2.00 bits per heavy atom. The maximum atomic E-state index is 4.00. The van der Waals surface area contributed by atoms with E-state index in [0.717, 1.165) is 0 Å². The van der Waals surface area contributed by atoms with Gasteiger partial charge in [-0.05, 0) is 0 Å². The maximum absolute atomic E-state index is 4.00. The Morgan fingerprint density at radius 3 is 2.27 bits per heavy atom. The van der Waals surface area contributed by atoms with Crippen molar-refractivity contribution in [3.63, 3.8) is 0 Å². The second kappa shape index (κ2) is 4.01. The molecule has 11 heavy (non-hydrogen) atoms. The van der Waals surface area contributed by atoms with Gasteiger partial charge in [-0.25, -0.2) is 12.1 Å².